The minimum Gasteiger partial charge on any atom is -0.352 e. The molecule has 1 fully saturated rings. The molecule has 1 saturated carbocycles. The lowest BCUT2D eigenvalue weighted by atomic mass is 9.81. The maximum absolute atomic E-state index is 11.5. The number of hydrogen-bond donors (Lipinski definition) is 2. The third-order valence-corrected chi connectivity index (χ3v) is 2.74. The highest BCUT2D eigenvalue weighted by Crippen LogP contribution is 2.26. The predicted octanol–water partition coefficient (Wildman–Crippen LogP) is 0.884. The summed E-state index contributed by atoms with van der Waals surface area (Å²) in [5, 5.41) is 2.96. The number of rotatable bonds is 3. The van der Waals surface area contributed by atoms with Gasteiger partial charge in [0.1, 0.15) is 0 Å². The maximum Gasteiger partial charge on any atom is 0.237 e. The first kappa shape index (κ1) is 10.5. The van der Waals surface area contributed by atoms with Crippen molar-refractivity contribution in [3.05, 3.63) is 0 Å². The molecule has 3 N–H and O–H groups in total. The molecule has 0 aromatic heterocycles. The molecule has 3 nitrogen and oxygen atoms in total. The van der Waals surface area contributed by atoms with Gasteiger partial charge in [0.2, 0.25) is 5.91 Å². The Labute approximate surface area is 80.1 Å². The summed E-state index contributed by atoms with van der Waals surface area (Å²) < 4.78 is 0. The van der Waals surface area contributed by atoms with Crippen LogP contribution < -0.4 is 11.1 Å². The second-order valence-corrected chi connectivity index (χ2v) is 4.55. The van der Waals surface area contributed by atoms with Crippen LogP contribution in [0.15, 0.2) is 0 Å². The summed E-state index contributed by atoms with van der Waals surface area (Å²) in [5.41, 5.74) is 5.71. The van der Waals surface area contributed by atoms with Crippen LogP contribution in [0.3, 0.4) is 0 Å². The van der Waals surface area contributed by atoms with Gasteiger partial charge in [-0.05, 0) is 24.7 Å². The average Bonchev–Trinajstić information content (AvgIpc) is 2.00. The van der Waals surface area contributed by atoms with E-state index in [0.717, 1.165) is 18.8 Å². The Morgan fingerprint density at radius 1 is 1.46 bits per heavy atom. The van der Waals surface area contributed by atoms with Crippen molar-refractivity contribution in [2.24, 2.45) is 17.6 Å². The van der Waals surface area contributed by atoms with Crippen molar-refractivity contribution in [3.8, 4) is 0 Å². The number of nitrogens with two attached hydrogens (primary N) is 1. The van der Waals surface area contributed by atoms with Crippen LogP contribution in [0.25, 0.3) is 0 Å². The molecule has 76 valence electrons. The SMILES string of the molecule is CC1CC(NC(=O)[C@@H](N)C(C)C)C1. The van der Waals surface area contributed by atoms with Gasteiger partial charge in [0.05, 0.1) is 6.04 Å². The first-order valence-electron chi connectivity index (χ1n) is 5.06. The van der Waals surface area contributed by atoms with E-state index in [1.54, 1.807) is 0 Å². The monoisotopic (exact) mass is 184 g/mol. The van der Waals surface area contributed by atoms with E-state index in [0.29, 0.717) is 6.04 Å². The van der Waals surface area contributed by atoms with Crippen LogP contribution in [0.2, 0.25) is 0 Å². The van der Waals surface area contributed by atoms with E-state index in [4.69, 9.17) is 5.73 Å². The van der Waals surface area contributed by atoms with Crippen molar-refractivity contribution in [1.82, 2.24) is 5.32 Å². The van der Waals surface area contributed by atoms with Crippen LogP contribution in [0.1, 0.15) is 33.6 Å². The second-order valence-electron chi connectivity index (χ2n) is 4.55. The minimum absolute atomic E-state index is 0.00639. The third-order valence-electron chi connectivity index (χ3n) is 2.74. The molecule has 3 heteroatoms. The lowest BCUT2D eigenvalue weighted by Crippen LogP contribution is -2.51. The molecular weight excluding hydrogens is 164 g/mol. The van der Waals surface area contributed by atoms with Gasteiger partial charge in [-0.3, -0.25) is 4.79 Å². The maximum atomic E-state index is 11.5. The Balaban J connectivity index is 2.25. The van der Waals surface area contributed by atoms with Crippen molar-refractivity contribution in [2.45, 2.75) is 45.7 Å². The Morgan fingerprint density at radius 3 is 2.38 bits per heavy atom. The fourth-order valence-electron chi connectivity index (χ4n) is 1.62. The van der Waals surface area contributed by atoms with Crippen LogP contribution in [-0.2, 0) is 4.79 Å². The van der Waals surface area contributed by atoms with Crippen LogP contribution in [-0.4, -0.2) is 18.0 Å². The van der Waals surface area contributed by atoms with E-state index in [2.05, 4.69) is 12.2 Å². The van der Waals surface area contributed by atoms with Gasteiger partial charge >= 0.3 is 0 Å². The Bertz CT molecular complexity index is 185. The molecule has 0 saturated heterocycles. The van der Waals surface area contributed by atoms with Gasteiger partial charge in [-0.25, -0.2) is 0 Å². The minimum atomic E-state index is -0.351. The highest BCUT2D eigenvalue weighted by molar-refractivity contribution is 5.82. The number of hydrogen-bond acceptors (Lipinski definition) is 2. The Hall–Kier alpha value is -0.570. The molecule has 0 aromatic carbocycles. The van der Waals surface area contributed by atoms with E-state index in [-0.39, 0.29) is 17.9 Å². The number of carbonyl (C=O) groups excluding carboxylic acids is 1. The highest BCUT2D eigenvalue weighted by Gasteiger charge is 2.28. The average molecular weight is 184 g/mol. The summed E-state index contributed by atoms with van der Waals surface area (Å²) in [6.45, 7) is 6.13. The van der Waals surface area contributed by atoms with Crippen LogP contribution >= 0.6 is 0 Å². The van der Waals surface area contributed by atoms with Crippen LogP contribution in [0.5, 0.6) is 0 Å². The Morgan fingerprint density at radius 2 is 2.00 bits per heavy atom. The lowest BCUT2D eigenvalue weighted by molar-refractivity contribution is -0.124. The number of nitrogens with one attached hydrogen (secondary N) is 1. The molecule has 1 amide bonds. The fraction of sp³-hybridized carbons (Fsp3) is 0.900. The Kier molecular flexibility index (Phi) is 3.31. The van der Waals surface area contributed by atoms with Crippen LogP contribution in [0.4, 0.5) is 0 Å². The predicted molar refractivity (Wildman–Crippen MR) is 53.1 cm³/mol. The van der Waals surface area contributed by atoms with Gasteiger partial charge < -0.3 is 11.1 Å². The quantitative estimate of drug-likeness (QED) is 0.684. The van der Waals surface area contributed by atoms with Crippen molar-refractivity contribution in [1.29, 1.82) is 0 Å². The summed E-state index contributed by atoms with van der Waals surface area (Å²) in [4.78, 5) is 11.5. The molecule has 0 spiro atoms. The summed E-state index contributed by atoms with van der Waals surface area (Å²) in [7, 11) is 0. The molecule has 1 aliphatic rings. The highest BCUT2D eigenvalue weighted by atomic mass is 16.2. The molecule has 1 aliphatic carbocycles. The normalized spacial score (nSPS) is 29.6. The molecule has 1 atom stereocenters. The van der Waals surface area contributed by atoms with E-state index in [1.165, 1.54) is 0 Å². The molecule has 0 radical (unpaired) electrons. The zero-order chi connectivity index (χ0) is 10.0. The van der Waals surface area contributed by atoms with Gasteiger partial charge in [-0.15, -0.1) is 0 Å². The van der Waals surface area contributed by atoms with Gasteiger partial charge in [0, 0.05) is 6.04 Å². The molecule has 0 heterocycles. The van der Waals surface area contributed by atoms with E-state index < -0.39 is 0 Å². The molecule has 13 heavy (non-hydrogen) atoms. The van der Waals surface area contributed by atoms with Crippen molar-refractivity contribution in [3.63, 3.8) is 0 Å². The molecule has 0 aliphatic heterocycles. The van der Waals surface area contributed by atoms with Gasteiger partial charge in [0.15, 0.2) is 0 Å². The molecule has 0 aromatic rings. The molecule has 0 bridgehead atoms. The second kappa shape index (κ2) is 4.09. The van der Waals surface area contributed by atoms with Crippen molar-refractivity contribution >= 4 is 5.91 Å². The summed E-state index contributed by atoms with van der Waals surface area (Å²) in [5.74, 6) is 0.991. The van der Waals surface area contributed by atoms with Crippen LogP contribution in [0, 0.1) is 11.8 Å². The number of amides is 1. The van der Waals surface area contributed by atoms with Gasteiger partial charge in [-0.1, -0.05) is 20.8 Å². The first-order chi connectivity index (χ1) is 6.00. The van der Waals surface area contributed by atoms with E-state index in [9.17, 15) is 4.79 Å². The van der Waals surface area contributed by atoms with Crippen molar-refractivity contribution in [2.75, 3.05) is 0 Å². The zero-order valence-corrected chi connectivity index (χ0v) is 8.71. The summed E-state index contributed by atoms with van der Waals surface area (Å²) in [6.07, 6.45) is 2.22. The fourth-order valence-corrected chi connectivity index (χ4v) is 1.62. The molecule has 0 unspecified atom stereocenters. The van der Waals surface area contributed by atoms with Gasteiger partial charge in [0.25, 0.3) is 0 Å². The summed E-state index contributed by atoms with van der Waals surface area (Å²) >= 11 is 0. The smallest absolute Gasteiger partial charge is 0.237 e. The molecule has 1 rings (SSSR count). The topological polar surface area (TPSA) is 55.1 Å². The summed E-state index contributed by atoms with van der Waals surface area (Å²) in [6, 6.07) is 0.0307. The standard InChI is InChI=1S/C10H20N2O/c1-6(2)9(11)10(13)12-8-4-7(3)5-8/h6-9H,4-5,11H2,1-3H3,(H,12,13)/t7?,8?,9-/m0/s1. The largest absolute Gasteiger partial charge is 0.352 e. The lowest BCUT2D eigenvalue weighted by Gasteiger charge is -2.34. The zero-order valence-electron chi connectivity index (χ0n) is 8.71. The number of carbonyl (C=O) groups is 1. The van der Waals surface area contributed by atoms with Gasteiger partial charge in [-0.2, -0.15) is 0 Å². The van der Waals surface area contributed by atoms with E-state index in [1.807, 2.05) is 13.8 Å². The van der Waals surface area contributed by atoms with Crippen molar-refractivity contribution < 1.29 is 4.79 Å². The third kappa shape index (κ3) is 2.69. The van der Waals surface area contributed by atoms with E-state index >= 15 is 0 Å². The first-order valence-corrected chi connectivity index (χ1v) is 5.06. The molecular formula is C10H20N2O.